The summed E-state index contributed by atoms with van der Waals surface area (Å²) in [4.78, 5) is 42.7. The van der Waals surface area contributed by atoms with Gasteiger partial charge in [-0.25, -0.2) is 18.7 Å². The first-order valence-electron chi connectivity index (χ1n) is 11.8. The van der Waals surface area contributed by atoms with E-state index in [0.29, 0.717) is 40.2 Å². The van der Waals surface area contributed by atoms with Crippen molar-refractivity contribution in [2.45, 2.75) is 39.7 Å². The van der Waals surface area contributed by atoms with Crippen LogP contribution in [0, 0.1) is 25.5 Å². The summed E-state index contributed by atoms with van der Waals surface area (Å²) in [6.45, 7) is 6.56. The summed E-state index contributed by atoms with van der Waals surface area (Å²) in [5.74, 6) is -1.58. The van der Waals surface area contributed by atoms with Gasteiger partial charge in [-0.3, -0.25) is 24.1 Å². The molecular weight excluding hydrogens is 530 g/mol. The van der Waals surface area contributed by atoms with E-state index in [1.807, 2.05) is 0 Å². The molecule has 4 aromatic heterocycles. The smallest absolute Gasteiger partial charge is 0.277 e. The number of hydrogen-bond acceptors (Lipinski definition) is 7. The Bertz CT molecular complexity index is 1640. The quantitative estimate of drug-likeness (QED) is 0.364. The van der Waals surface area contributed by atoms with E-state index < -0.39 is 22.6 Å². The summed E-state index contributed by atoms with van der Waals surface area (Å²) < 4.78 is 34.1. The Morgan fingerprint density at radius 3 is 2.54 bits per heavy atom. The molecule has 4 rings (SSSR count). The van der Waals surface area contributed by atoms with E-state index in [1.165, 1.54) is 10.8 Å². The highest BCUT2D eigenvalue weighted by molar-refractivity contribution is 6.31. The van der Waals surface area contributed by atoms with Gasteiger partial charge in [0.15, 0.2) is 5.82 Å². The molecule has 4 heterocycles. The molecule has 0 unspecified atom stereocenters. The van der Waals surface area contributed by atoms with Gasteiger partial charge >= 0.3 is 0 Å². The van der Waals surface area contributed by atoms with E-state index in [-0.39, 0.29) is 29.0 Å². The van der Waals surface area contributed by atoms with E-state index in [1.54, 1.807) is 59.1 Å². The van der Waals surface area contributed by atoms with Gasteiger partial charge in [0, 0.05) is 42.8 Å². The van der Waals surface area contributed by atoms with Crippen molar-refractivity contribution in [3.8, 4) is 22.8 Å². The molecule has 12 heteroatoms. The number of halogens is 3. The molecule has 1 N–H and O–H groups in total. The van der Waals surface area contributed by atoms with Gasteiger partial charge in [-0.1, -0.05) is 11.6 Å². The Balaban J connectivity index is 1.72. The van der Waals surface area contributed by atoms with Crippen LogP contribution in [0.15, 0.2) is 47.7 Å². The van der Waals surface area contributed by atoms with Gasteiger partial charge in [0.2, 0.25) is 5.91 Å². The van der Waals surface area contributed by atoms with E-state index in [2.05, 4.69) is 25.3 Å². The summed E-state index contributed by atoms with van der Waals surface area (Å²) in [5, 5.41) is 2.39. The lowest BCUT2D eigenvalue weighted by Gasteiger charge is -2.21. The van der Waals surface area contributed by atoms with Crippen molar-refractivity contribution in [2.24, 2.45) is 0 Å². The minimum Gasteiger partial charge on any atom is -0.485 e. The van der Waals surface area contributed by atoms with Crippen LogP contribution in [0.5, 0.6) is 5.75 Å². The van der Waals surface area contributed by atoms with E-state index in [9.17, 15) is 18.4 Å². The number of amides is 1. The van der Waals surface area contributed by atoms with Gasteiger partial charge in [-0.2, -0.15) is 0 Å². The van der Waals surface area contributed by atoms with Crippen LogP contribution in [0.2, 0.25) is 5.02 Å². The third-order valence-corrected chi connectivity index (χ3v) is 6.56. The number of rotatable bonds is 7. The second-order valence-electron chi connectivity index (χ2n) is 9.25. The summed E-state index contributed by atoms with van der Waals surface area (Å²) >= 11 is 6.37. The van der Waals surface area contributed by atoms with Crippen molar-refractivity contribution in [3.63, 3.8) is 0 Å². The number of likely N-dealkylation sites (N-methyl/N-ethyl adjacent to an activating group) is 1. The zero-order valence-corrected chi connectivity index (χ0v) is 22.6. The minimum absolute atomic E-state index is 0.0322. The maximum Gasteiger partial charge on any atom is 0.277 e. The molecule has 0 aliphatic heterocycles. The van der Waals surface area contributed by atoms with Crippen LogP contribution < -0.4 is 15.6 Å². The molecule has 202 valence electrons. The first kappa shape index (κ1) is 27.8. The lowest BCUT2D eigenvalue weighted by atomic mass is 9.91. The second kappa shape index (κ2) is 10.9. The van der Waals surface area contributed by atoms with Crippen molar-refractivity contribution in [1.82, 2.24) is 29.8 Å². The Kier molecular flexibility index (Phi) is 7.73. The van der Waals surface area contributed by atoms with Crippen LogP contribution in [0.25, 0.3) is 17.1 Å². The number of aryl methyl sites for hydroxylation is 1. The molecule has 0 aliphatic rings. The lowest BCUT2D eigenvalue weighted by molar-refractivity contribution is -0.125. The standard InChI is InChI=1S/C27H25ClF2N6O3/c1-14-10-21(39-13-19-17(30)11-16(29)12-34-19)22(28)24(37)36(14)20-7-9-32-23(15(20)2)18-6-8-33-25(35-18)27(3,4)26(38)31-5/h6-12H,13H2,1-5H3,(H,31,38). The molecule has 9 nitrogen and oxygen atoms in total. The van der Waals surface area contributed by atoms with Crippen LogP contribution in [-0.4, -0.2) is 37.5 Å². The van der Waals surface area contributed by atoms with Gasteiger partial charge in [-0.15, -0.1) is 0 Å². The average molecular weight is 555 g/mol. The molecule has 0 atom stereocenters. The normalized spacial score (nSPS) is 11.4. The summed E-state index contributed by atoms with van der Waals surface area (Å²) in [6, 6.07) is 5.57. The molecule has 0 saturated carbocycles. The molecular formula is C27H25ClF2N6O3. The summed E-state index contributed by atoms with van der Waals surface area (Å²) in [5.41, 5.74) is 0.902. The van der Waals surface area contributed by atoms with Crippen molar-refractivity contribution < 1.29 is 18.3 Å². The molecule has 0 spiro atoms. The zero-order chi connectivity index (χ0) is 28.5. The van der Waals surface area contributed by atoms with Gasteiger partial charge in [-0.05, 0) is 39.8 Å². The van der Waals surface area contributed by atoms with Crippen LogP contribution in [0.4, 0.5) is 8.78 Å². The predicted octanol–water partition coefficient (Wildman–Crippen LogP) is 4.24. The number of hydrogen-bond donors (Lipinski definition) is 1. The number of pyridine rings is 3. The Hall–Kier alpha value is -4.25. The third kappa shape index (κ3) is 5.35. The average Bonchev–Trinajstić information content (AvgIpc) is 2.91. The van der Waals surface area contributed by atoms with E-state index in [0.717, 1.165) is 6.20 Å². The van der Waals surface area contributed by atoms with Gasteiger partial charge in [0.25, 0.3) is 5.56 Å². The van der Waals surface area contributed by atoms with Crippen molar-refractivity contribution >= 4 is 17.5 Å². The molecule has 0 aromatic carbocycles. The fraction of sp³-hybridized carbons (Fsp3) is 0.259. The maximum absolute atomic E-state index is 14.0. The second-order valence-corrected chi connectivity index (χ2v) is 9.63. The highest BCUT2D eigenvalue weighted by Gasteiger charge is 2.32. The largest absolute Gasteiger partial charge is 0.485 e. The Morgan fingerprint density at radius 1 is 1.13 bits per heavy atom. The van der Waals surface area contributed by atoms with Crippen LogP contribution >= 0.6 is 11.6 Å². The number of ether oxygens (including phenoxy) is 1. The highest BCUT2D eigenvalue weighted by Crippen LogP contribution is 2.29. The molecule has 4 aromatic rings. The SMILES string of the molecule is CNC(=O)C(C)(C)c1nccc(-c2nccc(-n3c(C)cc(OCc4ncc(F)cc4F)c(Cl)c3=O)c2C)n1. The highest BCUT2D eigenvalue weighted by atomic mass is 35.5. The molecule has 39 heavy (non-hydrogen) atoms. The molecule has 0 saturated heterocycles. The number of carbonyl (C=O) groups is 1. The van der Waals surface area contributed by atoms with Crippen LogP contribution in [-0.2, 0) is 16.8 Å². The van der Waals surface area contributed by atoms with Gasteiger partial charge in [0.05, 0.1) is 23.3 Å². The molecule has 1 amide bonds. The molecule has 0 aliphatic carbocycles. The van der Waals surface area contributed by atoms with Gasteiger partial charge < -0.3 is 10.1 Å². The molecule has 0 bridgehead atoms. The van der Waals surface area contributed by atoms with E-state index >= 15 is 0 Å². The maximum atomic E-state index is 14.0. The van der Waals surface area contributed by atoms with Crippen molar-refractivity contribution in [3.05, 3.63) is 92.6 Å². The van der Waals surface area contributed by atoms with E-state index in [4.69, 9.17) is 16.3 Å². The topological polar surface area (TPSA) is 112 Å². The third-order valence-electron chi connectivity index (χ3n) is 6.22. The number of aromatic nitrogens is 5. The molecule has 0 radical (unpaired) electrons. The lowest BCUT2D eigenvalue weighted by Crippen LogP contribution is -2.39. The predicted molar refractivity (Wildman–Crippen MR) is 141 cm³/mol. The number of carbonyl (C=O) groups excluding carboxylic acids is 1. The fourth-order valence-electron chi connectivity index (χ4n) is 4.01. The monoisotopic (exact) mass is 554 g/mol. The van der Waals surface area contributed by atoms with Crippen molar-refractivity contribution in [2.75, 3.05) is 7.05 Å². The van der Waals surface area contributed by atoms with Gasteiger partial charge in [0.1, 0.15) is 40.1 Å². The minimum atomic E-state index is -0.987. The zero-order valence-electron chi connectivity index (χ0n) is 21.8. The van der Waals surface area contributed by atoms with Crippen LogP contribution in [0.3, 0.4) is 0 Å². The summed E-state index contributed by atoms with van der Waals surface area (Å²) in [7, 11) is 1.54. The Labute approximate surface area is 227 Å². The van der Waals surface area contributed by atoms with Crippen LogP contribution in [0.1, 0.15) is 36.6 Å². The fourth-order valence-corrected chi connectivity index (χ4v) is 4.21. The first-order chi connectivity index (χ1) is 18.4. The molecule has 0 fully saturated rings. The Morgan fingerprint density at radius 2 is 1.85 bits per heavy atom. The number of nitrogens with zero attached hydrogens (tertiary/aromatic N) is 5. The number of nitrogens with one attached hydrogen (secondary N) is 1. The van der Waals surface area contributed by atoms with Crippen molar-refractivity contribution in [1.29, 1.82) is 0 Å². The summed E-state index contributed by atoms with van der Waals surface area (Å²) in [6.07, 6.45) is 3.96. The first-order valence-corrected chi connectivity index (χ1v) is 12.2.